The lowest BCUT2D eigenvalue weighted by atomic mass is 10.1. The quantitative estimate of drug-likeness (QED) is 0.602. The highest BCUT2D eigenvalue weighted by Crippen LogP contribution is 2.10. The van der Waals surface area contributed by atoms with Crippen molar-refractivity contribution in [2.75, 3.05) is 13.2 Å². The first-order chi connectivity index (χ1) is 11.1. The molecule has 0 aliphatic carbocycles. The number of benzene rings is 2. The van der Waals surface area contributed by atoms with Crippen LogP contribution >= 0.6 is 0 Å². The number of rotatable bonds is 8. The maximum atomic E-state index is 11.9. The first-order valence-corrected chi connectivity index (χ1v) is 7.69. The molecular weight excluding hydrogens is 290 g/mol. The summed E-state index contributed by atoms with van der Waals surface area (Å²) in [6.07, 6.45) is 0.410. The molecular formula is C19H21NO3. The lowest BCUT2D eigenvalue weighted by molar-refractivity contribution is -0.121. The highest BCUT2D eigenvalue weighted by atomic mass is 16.5. The lowest BCUT2D eigenvalue weighted by Gasteiger charge is -2.08. The van der Waals surface area contributed by atoms with Crippen molar-refractivity contribution < 1.29 is 14.3 Å². The molecule has 0 saturated carbocycles. The molecule has 120 valence electrons. The summed E-state index contributed by atoms with van der Waals surface area (Å²) in [6.45, 7) is 2.84. The van der Waals surface area contributed by atoms with Crippen molar-refractivity contribution in [3.8, 4) is 5.75 Å². The van der Waals surface area contributed by atoms with E-state index in [9.17, 15) is 9.59 Å². The highest BCUT2D eigenvalue weighted by molar-refractivity contribution is 5.97. The fraction of sp³-hybridized carbons (Fsp3) is 0.263. The van der Waals surface area contributed by atoms with E-state index in [1.807, 2.05) is 49.4 Å². The molecule has 0 aliphatic rings. The predicted octanol–water partition coefficient (Wildman–Crippen LogP) is 3.15. The van der Waals surface area contributed by atoms with Gasteiger partial charge in [-0.15, -0.1) is 0 Å². The molecule has 0 aliphatic heterocycles. The number of ether oxygens (including phenoxy) is 1. The van der Waals surface area contributed by atoms with Gasteiger partial charge in [-0.05, 0) is 19.1 Å². The number of Topliss-reactive ketones (excluding diaryl/α,β-unsaturated/α-hetero) is 1. The summed E-state index contributed by atoms with van der Waals surface area (Å²) in [4.78, 5) is 23.6. The van der Waals surface area contributed by atoms with Crippen LogP contribution in [-0.4, -0.2) is 24.8 Å². The van der Waals surface area contributed by atoms with Gasteiger partial charge in [0.2, 0.25) is 5.91 Å². The third-order valence-electron chi connectivity index (χ3n) is 3.39. The second-order valence-corrected chi connectivity index (χ2v) is 5.30. The summed E-state index contributed by atoms with van der Waals surface area (Å²) in [6, 6.07) is 16.8. The van der Waals surface area contributed by atoms with Gasteiger partial charge in [0.1, 0.15) is 12.4 Å². The van der Waals surface area contributed by atoms with Gasteiger partial charge >= 0.3 is 0 Å². The first-order valence-electron chi connectivity index (χ1n) is 7.69. The van der Waals surface area contributed by atoms with Crippen molar-refractivity contribution in [3.05, 3.63) is 65.7 Å². The van der Waals surface area contributed by atoms with Crippen molar-refractivity contribution in [1.29, 1.82) is 0 Å². The van der Waals surface area contributed by atoms with E-state index in [-0.39, 0.29) is 24.5 Å². The number of hydrogen-bond acceptors (Lipinski definition) is 3. The molecule has 0 aromatic heterocycles. The van der Waals surface area contributed by atoms with E-state index in [1.54, 1.807) is 12.1 Å². The molecule has 0 bridgehead atoms. The number of hydrogen-bond donors (Lipinski definition) is 1. The molecule has 0 atom stereocenters. The zero-order chi connectivity index (χ0) is 16.5. The van der Waals surface area contributed by atoms with E-state index < -0.39 is 0 Å². The van der Waals surface area contributed by atoms with Gasteiger partial charge in [-0.25, -0.2) is 0 Å². The Hall–Kier alpha value is -2.62. The van der Waals surface area contributed by atoms with E-state index >= 15 is 0 Å². The minimum absolute atomic E-state index is 0.0170. The summed E-state index contributed by atoms with van der Waals surface area (Å²) in [5.41, 5.74) is 1.82. The molecule has 0 spiro atoms. The van der Waals surface area contributed by atoms with E-state index in [4.69, 9.17) is 4.74 Å². The molecule has 0 saturated heterocycles. The Morgan fingerprint density at radius 3 is 2.35 bits per heavy atom. The number of amides is 1. The van der Waals surface area contributed by atoms with Crippen LogP contribution in [0.25, 0.3) is 0 Å². The van der Waals surface area contributed by atoms with Crippen molar-refractivity contribution >= 4 is 11.7 Å². The highest BCUT2D eigenvalue weighted by Gasteiger charge is 2.08. The molecule has 2 aromatic carbocycles. The molecule has 0 heterocycles. The normalized spacial score (nSPS) is 10.1. The molecule has 0 fully saturated rings. The Morgan fingerprint density at radius 2 is 1.65 bits per heavy atom. The van der Waals surface area contributed by atoms with Gasteiger partial charge < -0.3 is 10.1 Å². The standard InChI is InChI=1S/C19H21NO3/c1-15-7-9-17(10-8-15)23-14-13-20-19(22)12-11-18(21)16-5-3-2-4-6-16/h2-10H,11-14H2,1H3,(H,20,22). The summed E-state index contributed by atoms with van der Waals surface area (Å²) >= 11 is 0. The number of aryl methyl sites for hydroxylation is 1. The Balaban J connectivity index is 1.62. The van der Waals surface area contributed by atoms with Crippen LogP contribution in [0.4, 0.5) is 0 Å². The van der Waals surface area contributed by atoms with Gasteiger partial charge in [0, 0.05) is 18.4 Å². The third kappa shape index (κ3) is 5.94. The number of ketones is 1. The van der Waals surface area contributed by atoms with Crippen LogP contribution in [0.3, 0.4) is 0 Å². The minimum atomic E-state index is -0.137. The van der Waals surface area contributed by atoms with Crippen molar-refractivity contribution in [2.45, 2.75) is 19.8 Å². The fourth-order valence-corrected chi connectivity index (χ4v) is 2.08. The van der Waals surface area contributed by atoms with E-state index in [1.165, 1.54) is 5.56 Å². The molecule has 1 amide bonds. The second-order valence-electron chi connectivity index (χ2n) is 5.30. The molecule has 2 rings (SSSR count). The average molecular weight is 311 g/mol. The van der Waals surface area contributed by atoms with Gasteiger partial charge in [0.25, 0.3) is 0 Å². The largest absolute Gasteiger partial charge is 0.492 e. The van der Waals surface area contributed by atoms with Crippen LogP contribution in [0.5, 0.6) is 5.75 Å². The summed E-state index contributed by atoms with van der Waals surface area (Å²) in [5, 5.41) is 2.75. The summed E-state index contributed by atoms with van der Waals surface area (Å²) in [5.74, 6) is 0.627. The molecule has 0 unspecified atom stereocenters. The number of carbonyl (C=O) groups excluding carboxylic acids is 2. The summed E-state index contributed by atoms with van der Waals surface area (Å²) < 4.78 is 5.52. The average Bonchev–Trinajstić information content (AvgIpc) is 2.59. The molecule has 2 aromatic rings. The van der Waals surface area contributed by atoms with Crippen molar-refractivity contribution in [3.63, 3.8) is 0 Å². The van der Waals surface area contributed by atoms with Crippen LogP contribution in [0.15, 0.2) is 54.6 Å². The second kappa shape index (κ2) is 8.73. The zero-order valence-electron chi connectivity index (χ0n) is 13.2. The molecule has 1 N–H and O–H groups in total. The van der Waals surface area contributed by atoms with Gasteiger partial charge in [-0.3, -0.25) is 9.59 Å². The van der Waals surface area contributed by atoms with E-state index in [0.717, 1.165) is 5.75 Å². The van der Waals surface area contributed by atoms with Gasteiger partial charge in [-0.1, -0.05) is 48.0 Å². The van der Waals surface area contributed by atoms with Gasteiger partial charge in [0.15, 0.2) is 5.78 Å². The SMILES string of the molecule is Cc1ccc(OCCNC(=O)CCC(=O)c2ccccc2)cc1. The van der Waals surface area contributed by atoms with Crippen LogP contribution < -0.4 is 10.1 Å². The Labute approximate surface area is 136 Å². The monoisotopic (exact) mass is 311 g/mol. The number of nitrogens with one attached hydrogen (secondary N) is 1. The van der Waals surface area contributed by atoms with Crippen molar-refractivity contribution in [1.82, 2.24) is 5.32 Å². The molecule has 4 heteroatoms. The minimum Gasteiger partial charge on any atom is -0.492 e. The zero-order valence-corrected chi connectivity index (χ0v) is 13.2. The van der Waals surface area contributed by atoms with Crippen LogP contribution in [0.1, 0.15) is 28.8 Å². The van der Waals surface area contributed by atoms with Gasteiger partial charge in [0.05, 0.1) is 6.54 Å². The van der Waals surface area contributed by atoms with Crippen LogP contribution in [-0.2, 0) is 4.79 Å². The van der Waals surface area contributed by atoms with Crippen LogP contribution in [0.2, 0.25) is 0 Å². The van der Waals surface area contributed by atoms with Crippen molar-refractivity contribution in [2.24, 2.45) is 0 Å². The Bertz CT molecular complexity index is 635. The summed E-state index contributed by atoms with van der Waals surface area (Å²) in [7, 11) is 0. The first kappa shape index (κ1) is 16.7. The Morgan fingerprint density at radius 1 is 0.957 bits per heavy atom. The predicted molar refractivity (Wildman–Crippen MR) is 89.7 cm³/mol. The van der Waals surface area contributed by atoms with Gasteiger partial charge in [-0.2, -0.15) is 0 Å². The third-order valence-corrected chi connectivity index (χ3v) is 3.39. The maximum Gasteiger partial charge on any atom is 0.220 e. The fourth-order valence-electron chi connectivity index (χ4n) is 2.08. The molecule has 0 radical (unpaired) electrons. The molecule has 4 nitrogen and oxygen atoms in total. The Kier molecular flexibility index (Phi) is 6.36. The molecule has 23 heavy (non-hydrogen) atoms. The maximum absolute atomic E-state index is 11.9. The smallest absolute Gasteiger partial charge is 0.220 e. The van der Waals surface area contributed by atoms with E-state index in [0.29, 0.717) is 18.7 Å². The lowest BCUT2D eigenvalue weighted by Crippen LogP contribution is -2.28. The topological polar surface area (TPSA) is 55.4 Å². The van der Waals surface area contributed by atoms with E-state index in [2.05, 4.69) is 5.32 Å². The number of carbonyl (C=O) groups is 2. The van der Waals surface area contributed by atoms with Crippen LogP contribution in [0, 0.1) is 6.92 Å².